The number of nitrogens with one attached hydrogen (secondary N) is 1. The number of benzene rings is 2. The predicted octanol–water partition coefficient (Wildman–Crippen LogP) is 4.04. The zero-order chi connectivity index (χ0) is 18.8. The van der Waals surface area contributed by atoms with Crippen LogP contribution in [0.5, 0.6) is 0 Å². The number of aromatic nitrogens is 2. The summed E-state index contributed by atoms with van der Waals surface area (Å²) in [5.74, 6) is 0.372. The van der Waals surface area contributed by atoms with Crippen LogP contribution in [0.3, 0.4) is 0 Å². The van der Waals surface area contributed by atoms with Crippen LogP contribution in [0.2, 0.25) is 0 Å². The third-order valence-electron chi connectivity index (χ3n) is 5.06. The summed E-state index contributed by atoms with van der Waals surface area (Å²) in [6.07, 6.45) is 2.50. The van der Waals surface area contributed by atoms with Crippen molar-refractivity contribution in [2.24, 2.45) is 0 Å². The van der Waals surface area contributed by atoms with Gasteiger partial charge in [0.25, 0.3) is 5.91 Å². The smallest absolute Gasteiger partial charge is 0.272 e. The van der Waals surface area contributed by atoms with E-state index in [1.165, 1.54) is 22.3 Å². The topological polar surface area (TPSA) is 58.1 Å². The van der Waals surface area contributed by atoms with Crippen LogP contribution >= 0.6 is 0 Å². The number of hydrogen-bond donors (Lipinski definition) is 1. The molecule has 5 nitrogen and oxygen atoms in total. The van der Waals surface area contributed by atoms with Crippen molar-refractivity contribution in [3.8, 4) is 0 Å². The minimum Gasteiger partial charge on any atom is -0.333 e. The van der Waals surface area contributed by atoms with Gasteiger partial charge in [-0.15, -0.1) is 0 Å². The van der Waals surface area contributed by atoms with Gasteiger partial charge in [-0.2, -0.15) is 0 Å². The summed E-state index contributed by atoms with van der Waals surface area (Å²) >= 11 is 0. The molecule has 0 saturated heterocycles. The lowest BCUT2D eigenvalue weighted by Crippen LogP contribution is -2.36. The van der Waals surface area contributed by atoms with Crippen LogP contribution in [-0.4, -0.2) is 27.3 Å². The first kappa shape index (κ1) is 17.2. The molecule has 136 valence electrons. The van der Waals surface area contributed by atoms with Gasteiger partial charge in [0.15, 0.2) is 0 Å². The molecule has 2 aromatic carbocycles. The maximum absolute atomic E-state index is 12.9. The highest BCUT2D eigenvalue weighted by Gasteiger charge is 2.22. The van der Waals surface area contributed by atoms with Crippen LogP contribution in [-0.2, 0) is 13.0 Å². The molecule has 0 saturated carbocycles. The molecule has 1 amide bonds. The Hall–Kier alpha value is -3.21. The molecule has 1 aliphatic rings. The maximum Gasteiger partial charge on any atom is 0.272 e. The molecule has 0 radical (unpaired) electrons. The second-order valence-corrected chi connectivity index (χ2v) is 6.93. The first-order chi connectivity index (χ1) is 13.1. The van der Waals surface area contributed by atoms with Crippen LogP contribution in [0, 0.1) is 13.8 Å². The number of hydrogen-bond acceptors (Lipinski definition) is 4. The normalized spacial score (nSPS) is 13.2. The van der Waals surface area contributed by atoms with E-state index in [4.69, 9.17) is 0 Å². The molecule has 1 aliphatic heterocycles. The van der Waals surface area contributed by atoms with E-state index in [0.717, 1.165) is 12.1 Å². The van der Waals surface area contributed by atoms with Crippen molar-refractivity contribution in [2.45, 2.75) is 26.8 Å². The van der Waals surface area contributed by atoms with Crippen LogP contribution < -0.4 is 5.32 Å². The van der Waals surface area contributed by atoms with Crippen LogP contribution in [0.25, 0.3) is 0 Å². The van der Waals surface area contributed by atoms with E-state index in [-0.39, 0.29) is 5.91 Å². The van der Waals surface area contributed by atoms with Gasteiger partial charge in [-0.25, -0.2) is 9.97 Å². The molecule has 27 heavy (non-hydrogen) atoms. The summed E-state index contributed by atoms with van der Waals surface area (Å²) in [4.78, 5) is 23.5. The summed E-state index contributed by atoms with van der Waals surface area (Å²) in [6.45, 7) is 5.47. The largest absolute Gasteiger partial charge is 0.333 e. The number of amides is 1. The fourth-order valence-electron chi connectivity index (χ4n) is 3.32. The van der Waals surface area contributed by atoms with Gasteiger partial charge < -0.3 is 10.2 Å². The average molecular weight is 358 g/mol. The number of carbonyl (C=O) groups is 1. The molecule has 1 N–H and O–H groups in total. The van der Waals surface area contributed by atoms with E-state index in [2.05, 4.69) is 53.4 Å². The Balaban J connectivity index is 1.52. The fraction of sp³-hybridized carbons (Fsp3) is 0.227. The van der Waals surface area contributed by atoms with Crippen LogP contribution in [0.1, 0.15) is 32.7 Å². The van der Waals surface area contributed by atoms with Gasteiger partial charge in [0.1, 0.15) is 5.69 Å². The minimum atomic E-state index is -0.0601. The first-order valence-electron chi connectivity index (χ1n) is 9.13. The molecule has 4 rings (SSSR count). The Morgan fingerprint density at radius 1 is 1.04 bits per heavy atom. The number of anilines is 2. The highest BCUT2D eigenvalue weighted by atomic mass is 16.2. The van der Waals surface area contributed by atoms with Gasteiger partial charge in [-0.05, 0) is 60.7 Å². The second-order valence-electron chi connectivity index (χ2n) is 6.93. The average Bonchev–Trinajstić information content (AvgIpc) is 2.70. The van der Waals surface area contributed by atoms with Crippen molar-refractivity contribution in [1.82, 2.24) is 14.9 Å². The van der Waals surface area contributed by atoms with E-state index in [1.54, 1.807) is 12.3 Å². The van der Waals surface area contributed by atoms with Crippen molar-refractivity contribution in [1.29, 1.82) is 0 Å². The molecule has 0 atom stereocenters. The Kier molecular flexibility index (Phi) is 4.59. The zero-order valence-corrected chi connectivity index (χ0v) is 15.6. The Labute approximate surface area is 159 Å². The number of fused-ring (bicyclic) bond motifs is 1. The van der Waals surface area contributed by atoms with E-state index in [1.807, 2.05) is 23.1 Å². The number of nitrogens with zero attached hydrogens (tertiary/aromatic N) is 3. The van der Waals surface area contributed by atoms with Crippen molar-refractivity contribution in [3.05, 3.63) is 82.7 Å². The molecule has 5 heteroatoms. The summed E-state index contributed by atoms with van der Waals surface area (Å²) < 4.78 is 0. The predicted molar refractivity (Wildman–Crippen MR) is 106 cm³/mol. The molecular formula is C22H22N4O. The fourth-order valence-corrected chi connectivity index (χ4v) is 3.32. The van der Waals surface area contributed by atoms with Crippen molar-refractivity contribution < 1.29 is 4.79 Å². The van der Waals surface area contributed by atoms with Crippen molar-refractivity contribution >= 4 is 17.5 Å². The lowest BCUT2D eigenvalue weighted by Gasteiger charge is -2.28. The first-order valence-corrected chi connectivity index (χ1v) is 9.13. The van der Waals surface area contributed by atoms with Crippen LogP contribution in [0.4, 0.5) is 11.6 Å². The third-order valence-corrected chi connectivity index (χ3v) is 5.06. The molecule has 0 bridgehead atoms. The Bertz CT molecular complexity index is 999. The molecular weight excluding hydrogens is 336 g/mol. The Morgan fingerprint density at radius 2 is 1.85 bits per heavy atom. The van der Waals surface area contributed by atoms with E-state index in [9.17, 15) is 4.79 Å². The molecule has 0 fully saturated rings. The summed E-state index contributed by atoms with van der Waals surface area (Å²) in [5.41, 5.74) is 6.28. The second kappa shape index (κ2) is 7.19. The summed E-state index contributed by atoms with van der Waals surface area (Å²) in [6, 6.07) is 16.0. The number of rotatable bonds is 3. The molecule has 0 aliphatic carbocycles. The lowest BCUT2D eigenvalue weighted by molar-refractivity contribution is 0.0728. The maximum atomic E-state index is 12.9. The summed E-state index contributed by atoms with van der Waals surface area (Å²) in [5, 5.41) is 3.19. The van der Waals surface area contributed by atoms with Gasteiger partial charge in [-0.1, -0.05) is 30.3 Å². The SMILES string of the molecule is Cc1ccc(Nc2nccc(C(=O)N3CCc4ccccc4C3)n2)cc1C. The number of carbonyl (C=O) groups excluding carboxylic acids is 1. The van der Waals surface area contributed by atoms with Gasteiger partial charge in [-0.3, -0.25) is 4.79 Å². The molecule has 1 aromatic heterocycles. The Morgan fingerprint density at radius 3 is 2.67 bits per heavy atom. The third kappa shape index (κ3) is 3.67. The quantitative estimate of drug-likeness (QED) is 0.768. The van der Waals surface area contributed by atoms with Gasteiger partial charge in [0.2, 0.25) is 5.95 Å². The summed E-state index contributed by atoms with van der Waals surface area (Å²) in [7, 11) is 0. The van der Waals surface area contributed by atoms with Gasteiger partial charge >= 0.3 is 0 Å². The molecule has 3 aromatic rings. The van der Waals surface area contributed by atoms with Crippen molar-refractivity contribution in [3.63, 3.8) is 0 Å². The van der Waals surface area contributed by atoms with Crippen LogP contribution in [0.15, 0.2) is 54.7 Å². The molecule has 0 spiro atoms. The van der Waals surface area contributed by atoms with E-state index in [0.29, 0.717) is 24.7 Å². The highest BCUT2D eigenvalue weighted by Crippen LogP contribution is 2.21. The van der Waals surface area contributed by atoms with Gasteiger partial charge in [0.05, 0.1) is 0 Å². The molecule has 2 heterocycles. The zero-order valence-electron chi connectivity index (χ0n) is 15.6. The molecule has 0 unspecified atom stereocenters. The minimum absolute atomic E-state index is 0.0601. The van der Waals surface area contributed by atoms with E-state index >= 15 is 0 Å². The van der Waals surface area contributed by atoms with Gasteiger partial charge in [0, 0.05) is 25.0 Å². The standard InChI is InChI=1S/C22H22N4O/c1-15-7-8-19(13-16(15)2)24-22-23-11-9-20(25-22)21(27)26-12-10-17-5-3-4-6-18(17)14-26/h3-9,11,13H,10,12,14H2,1-2H3,(H,23,24,25). The van der Waals surface area contributed by atoms with Crippen molar-refractivity contribution in [2.75, 3.05) is 11.9 Å². The highest BCUT2D eigenvalue weighted by molar-refractivity contribution is 5.92. The number of aryl methyl sites for hydroxylation is 2. The lowest BCUT2D eigenvalue weighted by atomic mass is 10.00. The monoisotopic (exact) mass is 358 g/mol. The van der Waals surface area contributed by atoms with E-state index < -0.39 is 0 Å².